The minimum atomic E-state index is -5.11. The number of rotatable bonds is 36. The summed E-state index contributed by atoms with van der Waals surface area (Å²) >= 11 is 0. The van der Waals surface area contributed by atoms with E-state index in [9.17, 15) is 44.6 Å². The van der Waals surface area contributed by atoms with Crippen LogP contribution < -0.4 is 0 Å². The van der Waals surface area contributed by atoms with Crippen molar-refractivity contribution in [2.24, 2.45) is 0 Å². The van der Waals surface area contributed by atoms with Gasteiger partial charge in [0.05, 0.1) is 6.61 Å². The fraction of sp³-hybridized carbons (Fsp3) is 0.860. The van der Waals surface area contributed by atoms with Crippen molar-refractivity contribution in [2.75, 3.05) is 13.2 Å². The molecule has 6 unspecified atom stereocenters. The summed E-state index contributed by atoms with van der Waals surface area (Å²) in [5, 5.41) is 50.1. The molecule has 8 atom stereocenters. The van der Waals surface area contributed by atoms with Gasteiger partial charge in [-0.25, -0.2) is 4.57 Å². The minimum Gasteiger partial charge on any atom is -0.462 e. The summed E-state index contributed by atoms with van der Waals surface area (Å²) in [7, 11) is -5.11. The number of aliphatic hydroxyl groups is 5. The lowest BCUT2D eigenvalue weighted by Crippen LogP contribution is -2.64. The number of hydrogen-bond donors (Lipinski definition) is 6. The number of ether oxygens (including phenoxy) is 2. The van der Waals surface area contributed by atoms with Gasteiger partial charge in [0.2, 0.25) is 0 Å². The Morgan fingerprint density at radius 2 is 0.982 bits per heavy atom. The highest BCUT2D eigenvalue weighted by molar-refractivity contribution is 7.47. The van der Waals surface area contributed by atoms with Gasteiger partial charge in [-0.1, -0.05) is 154 Å². The van der Waals surface area contributed by atoms with E-state index in [0.29, 0.717) is 12.8 Å². The Balaban J connectivity index is 2.48. The number of esters is 2. The van der Waals surface area contributed by atoms with Gasteiger partial charge in [-0.2, -0.15) is 0 Å². The molecule has 13 nitrogen and oxygen atoms in total. The fourth-order valence-corrected chi connectivity index (χ4v) is 7.65. The van der Waals surface area contributed by atoms with Crippen molar-refractivity contribution < 1.29 is 63.1 Å². The summed E-state index contributed by atoms with van der Waals surface area (Å²) in [4.78, 5) is 35.6. The van der Waals surface area contributed by atoms with E-state index in [0.717, 1.165) is 77.0 Å². The van der Waals surface area contributed by atoms with Crippen molar-refractivity contribution >= 4 is 19.8 Å². The number of phosphoric acid groups is 1. The molecule has 0 aromatic heterocycles. The maximum atomic E-state index is 12.8. The first kappa shape index (κ1) is 53.3. The van der Waals surface area contributed by atoms with E-state index in [-0.39, 0.29) is 12.8 Å². The normalized spacial score (nSPS) is 22.9. The summed E-state index contributed by atoms with van der Waals surface area (Å²) in [6, 6.07) is 0. The number of allylic oxidation sites excluding steroid dienone is 4. The Kier molecular flexibility index (Phi) is 31.9. The van der Waals surface area contributed by atoms with Crippen LogP contribution in [0.5, 0.6) is 0 Å². The van der Waals surface area contributed by atoms with E-state index < -0.39 is 75.7 Å². The zero-order valence-corrected chi connectivity index (χ0v) is 36.0. The molecule has 1 rings (SSSR count). The highest BCUT2D eigenvalue weighted by atomic mass is 31.2. The van der Waals surface area contributed by atoms with Crippen molar-refractivity contribution in [3.05, 3.63) is 24.3 Å². The van der Waals surface area contributed by atoms with Crippen LogP contribution in [0.3, 0.4) is 0 Å². The zero-order valence-electron chi connectivity index (χ0n) is 35.1. The van der Waals surface area contributed by atoms with E-state index in [1.54, 1.807) is 0 Å². The molecule has 14 heteroatoms. The molecule has 1 fully saturated rings. The van der Waals surface area contributed by atoms with Gasteiger partial charge in [0.25, 0.3) is 0 Å². The van der Waals surface area contributed by atoms with Crippen molar-refractivity contribution in [3.63, 3.8) is 0 Å². The largest absolute Gasteiger partial charge is 0.472 e. The topological polar surface area (TPSA) is 210 Å². The molecular weight excluding hydrogens is 755 g/mol. The lowest BCUT2D eigenvalue weighted by atomic mass is 9.85. The predicted molar refractivity (Wildman–Crippen MR) is 221 cm³/mol. The molecule has 0 spiro atoms. The maximum absolute atomic E-state index is 12.8. The minimum absolute atomic E-state index is 0.0976. The molecule has 6 N–H and O–H groups in total. The van der Waals surface area contributed by atoms with Crippen molar-refractivity contribution in [1.29, 1.82) is 0 Å². The molecular formula is C43H79O13P. The van der Waals surface area contributed by atoms with E-state index in [1.807, 2.05) is 0 Å². The lowest BCUT2D eigenvalue weighted by molar-refractivity contribution is -0.220. The fourth-order valence-electron chi connectivity index (χ4n) is 6.68. The number of phosphoric ester groups is 1. The number of carbonyl (C=O) groups excluding carboxylic acids is 2. The molecule has 0 radical (unpaired) electrons. The average Bonchev–Trinajstić information content (AvgIpc) is 3.19. The maximum Gasteiger partial charge on any atom is 0.472 e. The Labute approximate surface area is 343 Å². The number of hydrogen-bond acceptors (Lipinski definition) is 12. The lowest BCUT2D eigenvalue weighted by Gasteiger charge is -2.41. The van der Waals surface area contributed by atoms with Crippen LogP contribution in [0.4, 0.5) is 0 Å². The molecule has 0 bridgehead atoms. The third kappa shape index (κ3) is 26.9. The van der Waals surface area contributed by atoms with Crippen LogP contribution in [0.1, 0.15) is 181 Å². The molecule has 57 heavy (non-hydrogen) atoms. The van der Waals surface area contributed by atoms with Gasteiger partial charge < -0.3 is 39.9 Å². The second kappa shape index (κ2) is 34.1. The standard InChI is InChI=1S/C43H79O13P/c1-3-5-7-9-11-13-15-17-18-20-22-24-26-28-30-32-37(45)55-35(34-54-57(51,52)56-43-41(49)39(47)38(46)40(48)42(43)50)33-53-36(44)31-29-27-25-23-21-19-16-14-12-10-8-6-4-2/h8,10,14,16,35,38-43,46-50H,3-7,9,11-13,15,17-34H2,1-2H3,(H,51,52)/t35-,38?,39-,40?,41?,42?,43?/m1/s1. The molecule has 0 aromatic carbocycles. The molecule has 0 aromatic rings. The van der Waals surface area contributed by atoms with E-state index in [4.69, 9.17) is 18.5 Å². The van der Waals surface area contributed by atoms with Crippen molar-refractivity contribution in [1.82, 2.24) is 0 Å². The van der Waals surface area contributed by atoms with Crippen LogP contribution in [0.25, 0.3) is 0 Å². The number of aliphatic hydroxyl groups excluding tert-OH is 5. The summed E-state index contributed by atoms with van der Waals surface area (Å²) < 4.78 is 33.5. The molecule has 0 aliphatic heterocycles. The SMILES string of the molecule is CCCC=CCC=CCCCCCCCC(=O)OC[C@H](COP(=O)(O)OC1C(O)C(O)C(O)[C@@H](O)C1O)OC(=O)CCCCCCCCCCCCCCCCC. The Hall–Kier alpha value is -1.67. The summed E-state index contributed by atoms with van der Waals surface area (Å²) in [6.45, 7) is 3.22. The van der Waals surface area contributed by atoms with Gasteiger partial charge in [0.1, 0.15) is 43.2 Å². The predicted octanol–water partition coefficient (Wildman–Crippen LogP) is 8.06. The summed E-state index contributed by atoms with van der Waals surface area (Å²) in [5.41, 5.74) is 0. The number of carbonyl (C=O) groups is 2. The van der Waals surface area contributed by atoms with Gasteiger partial charge in [-0.3, -0.25) is 18.6 Å². The van der Waals surface area contributed by atoms with Crippen molar-refractivity contribution in [3.8, 4) is 0 Å². The third-order valence-electron chi connectivity index (χ3n) is 10.3. The van der Waals surface area contributed by atoms with Crippen LogP contribution in [-0.4, -0.2) is 98.3 Å². The Morgan fingerprint density at radius 1 is 0.544 bits per heavy atom. The first-order valence-corrected chi connectivity index (χ1v) is 23.6. The molecule has 334 valence electrons. The monoisotopic (exact) mass is 835 g/mol. The average molecular weight is 835 g/mol. The highest BCUT2D eigenvalue weighted by Gasteiger charge is 2.51. The first-order valence-electron chi connectivity index (χ1n) is 22.1. The van der Waals surface area contributed by atoms with Crippen LogP contribution in [0, 0.1) is 0 Å². The van der Waals surface area contributed by atoms with Gasteiger partial charge in [0, 0.05) is 12.8 Å². The molecule has 0 amide bonds. The van der Waals surface area contributed by atoms with Gasteiger partial charge >= 0.3 is 19.8 Å². The number of unbranched alkanes of at least 4 members (excludes halogenated alkanes) is 20. The zero-order chi connectivity index (χ0) is 42.2. The molecule has 0 saturated heterocycles. The van der Waals surface area contributed by atoms with Crippen LogP contribution in [0.15, 0.2) is 24.3 Å². The smallest absolute Gasteiger partial charge is 0.462 e. The van der Waals surface area contributed by atoms with E-state index in [2.05, 4.69) is 38.2 Å². The molecule has 1 saturated carbocycles. The third-order valence-corrected chi connectivity index (χ3v) is 11.3. The summed E-state index contributed by atoms with van der Waals surface area (Å²) in [6.07, 6.45) is 22.4. The van der Waals surface area contributed by atoms with Crippen LogP contribution in [-0.2, 0) is 32.7 Å². The second-order valence-corrected chi connectivity index (χ2v) is 17.0. The second-order valence-electron chi connectivity index (χ2n) is 15.6. The molecule has 1 aliphatic rings. The van der Waals surface area contributed by atoms with E-state index in [1.165, 1.54) is 64.2 Å². The summed E-state index contributed by atoms with van der Waals surface area (Å²) in [5.74, 6) is -1.11. The highest BCUT2D eigenvalue weighted by Crippen LogP contribution is 2.47. The molecule has 1 aliphatic carbocycles. The van der Waals surface area contributed by atoms with Gasteiger partial charge in [-0.15, -0.1) is 0 Å². The van der Waals surface area contributed by atoms with Crippen molar-refractivity contribution in [2.45, 2.75) is 224 Å². The van der Waals surface area contributed by atoms with Crippen LogP contribution >= 0.6 is 7.82 Å². The van der Waals surface area contributed by atoms with E-state index >= 15 is 0 Å². The Morgan fingerprint density at radius 3 is 1.49 bits per heavy atom. The Bertz CT molecular complexity index is 1100. The van der Waals surface area contributed by atoms with Crippen LogP contribution in [0.2, 0.25) is 0 Å². The first-order chi connectivity index (χ1) is 27.4. The quantitative estimate of drug-likeness (QED) is 0.0153. The van der Waals surface area contributed by atoms with Gasteiger partial charge in [0.15, 0.2) is 6.10 Å². The molecule has 0 heterocycles. The van der Waals surface area contributed by atoms with Gasteiger partial charge in [-0.05, 0) is 38.5 Å².